The van der Waals surface area contributed by atoms with E-state index >= 15 is 0 Å². The average Bonchev–Trinajstić information content (AvgIpc) is 3.27. The van der Waals surface area contributed by atoms with Crippen molar-refractivity contribution in [3.05, 3.63) is 42.0 Å². The molecule has 0 saturated carbocycles. The highest BCUT2D eigenvalue weighted by Gasteiger charge is 2.35. The minimum Gasteiger partial charge on any atom is -0.456 e. The van der Waals surface area contributed by atoms with Crippen LogP contribution in [0.2, 0.25) is 0 Å². The lowest BCUT2D eigenvalue weighted by atomic mass is 10.0. The van der Waals surface area contributed by atoms with E-state index in [0.717, 1.165) is 22.6 Å². The Morgan fingerprint density at radius 1 is 0.933 bits per heavy atom. The molecule has 2 aliphatic rings. The quantitative estimate of drug-likeness (QED) is 0.167. The normalized spacial score (nSPS) is 17.5. The van der Waals surface area contributed by atoms with E-state index in [9.17, 15) is 28.8 Å². The second-order valence-corrected chi connectivity index (χ2v) is 12.9. The van der Waals surface area contributed by atoms with Crippen molar-refractivity contribution in [2.75, 3.05) is 44.7 Å². The van der Waals surface area contributed by atoms with Gasteiger partial charge in [0.15, 0.2) is 6.54 Å². The van der Waals surface area contributed by atoms with Crippen molar-refractivity contribution in [1.29, 1.82) is 0 Å². The Hall–Kier alpha value is -4.10. The zero-order valence-electron chi connectivity index (χ0n) is 27.0. The summed E-state index contributed by atoms with van der Waals surface area (Å²) in [7, 11) is 0. The second-order valence-electron chi connectivity index (χ2n) is 12.9. The number of nitrogens with zero attached hydrogens (tertiary/aromatic N) is 2. The van der Waals surface area contributed by atoms with Crippen molar-refractivity contribution in [3.8, 4) is 0 Å². The minimum atomic E-state index is -0.925. The van der Waals surface area contributed by atoms with E-state index in [0.29, 0.717) is 43.0 Å². The molecule has 1 saturated heterocycles. The van der Waals surface area contributed by atoms with Gasteiger partial charge in [0.1, 0.15) is 37.3 Å². The van der Waals surface area contributed by atoms with Gasteiger partial charge in [-0.1, -0.05) is 26.0 Å². The van der Waals surface area contributed by atoms with Gasteiger partial charge in [-0.3, -0.25) is 28.9 Å². The lowest BCUT2D eigenvalue weighted by Gasteiger charge is -2.41. The summed E-state index contributed by atoms with van der Waals surface area (Å²) in [6.45, 7) is 13.8. The van der Waals surface area contributed by atoms with Gasteiger partial charge in [-0.15, -0.1) is 0 Å². The number of esters is 1. The van der Waals surface area contributed by atoms with Crippen LogP contribution in [-0.2, 0) is 44.8 Å². The maximum atomic E-state index is 13.0. The van der Waals surface area contributed by atoms with Crippen LogP contribution in [0.3, 0.4) is 0 Å². The van der Waals surface area contributed by atoms with Gasteiger partial charge in [-0.25, -0.2) is 4.79 Å². The molecular formula is C32H46N5O8+. The van der Waals surface area contributed by atoms with E-state index in [-0.39, 0.29) is 31.4 Å². The van der Waals surface area contributed by atoms with Crippen molar-refractivity contribution in [1.82, 2.24) is 15.5 Å². The number of amides is 5. The first-order valence-electron chi connectivity index (χ1n) is 15.3. The Morgan fingerprint density at radius 2 is 1.53 bits per heavy atom. The van der Waals surface area contributed by atoms with E-state index in [2.05, 4.69) is 16.0 Å². The molecule has 2 heterocycles. The van der Waals surface area contributed by atoms with Crippen molar-refractivity contribution >= 4 is 41.2 Å². The molecular weight excluding hydrogens is 582 g/mol. The van der Waals surface area contributed by atoms with Gasteiger partial charge in [0.25, 0.3) is 11.8 Å². The number of quaternary nitrogens is 1. The molecule has 0 aromatic heterocycles. The fraction of sp³-hybridized carbons (Fsp3) is 0.562. The second kappa shape index (κ2) is 15.3. The molecule has 3 N–H and O–H groups in total. The molecule has 13 nitrogen and oxygen atoms in total. The summed E-state index contributed by atoms with van der Waals surface area (Å²) in [5.74, 6) is -2.98. The highest BCUT2D eigenvalue weighted by atomic mass is 16.6. The summed E-state index contributed by atoms with van der Waals surface area (Å²) in [5, 5.41) is 8.09. The lowest BCUT2D eigenvalue weighted by molar-refractivity contribution is -0.941. The van der Waals surface area contributed by atoms with E-state index in [1.54, 1.807) is 32.9 Å². The highest BCUT2D eigenvalue weighted by molar-refractivity contribution is 6.13. The molecule has 0 radical (unpaired) electrons. The molecule has 0 bridgehead atoms. The van der Waals surface area contributed by atoms with E-state index in [1.165, 1.54) is 0 Å². The zero-order valence-corrected chi connectivity index (χ0v) is 27.0. The van der Waals surface area contributed by atoms with Crippen LogP contribution in [0.1, 0.15) is 53.5 Å². The van der Waals surface area contributed by atoms with Gasteiger partial charge in [0.2, 0.25) is 17.7 Å². The molecule has 1 fully saturated rings. The smallest absolute Gasteiger partial charge is 0.362 e. The summed E-state index contributed by atoms with van der Waals surface area (Å²) in [6.07, 6.45) is 2.13. The Bertz CT molecular complexity index is 1280. The zero-order chi connectivity index (χ0) is 33.4. The fourth-order valence-corrected chi connectivity index (χ4v) is 5.10. The standard InChI is InChI=1S/C32H45N5O8/c1-21(2)29(35-25(38)13-14-36-26(39)11-12-27(36)40)31(43)33-22(3)30(42)34-24-9-7-23(8-10-24)19-37(15-17-44-18-16-37)20-28(41)45-32(4,5)6/h7-12,21-22,29H,13-20H2,1-6H3,(H2-,33,34,35,38,42,43)/p+1/t22-,29-/m0/s1. The van der Waals surface area contributed by atoms with Crippen molar-refractivity contribution in [2.24, 2.45) is 5.92 Å². The molecule has 246 valence electrons. The SMILES string of the molecule is CC(C)[C@H](NC(=O)CCN1C(=O)C=CC1=O)C(=O)N[C@@H](C)C(=O)Nc1ccc(C[N+]2(CC(=O)OC(C)(C)C)CCOCC2)cc1. The third-order valence-corrected chi connectivity index (χ3v) is 7.52. The van der Waals surface area contributed by atoms with Crippen LogP contribution in [0.5, 0.6) is 0 Å². The largest absolute Gasteiger partial charge is 0.456 e. The molecule has 13 heteroatoms. The van der Waals surface area contributed by atoms with Crippen molar-refractivity contribution in [2.45, 2.75) is 72.2 Å². The van der Waals surface area contributed by atoms with Crippen molar-refractivity contribution in [3.63, 3.8) is 0 Å². The summed E-state index contributed by atoms with van der Waals surface area (Å²) < 4.78 is 11.6. The maximum absolute atomic E-state index is 13.0. The number of rotatable bonds is 13. The van der Waals surface area contributed by atoms with Gasteiger partial charge in [0.05, 0.1) is 13.2 Å². The van der Waals surface area contributed by atoms with Crippen LogP contribution in [-0.4, -0.2) is 102 Å². The first-order chi connectivity index (χ1) is 21.1. The first-order valence-corrected chi connectivity index (χ1v) is 15.3. The number of nitrogens with one attached hydrogen (secondary N) is 3. The molecule has 3 rings (SSSR count). The van der Waals surface area contributed by atoms with Crippen LogP contribution in [0.4, 0.5) is 5.69 Å². The number of ether oxygens (including phenoxy) is 2. The average molecular weight is 629 g/mol. The number of imide groups is 1. The van der Waals surface area contributed by atoms with Crippen LogP contribution >= 0.6 is 0 Å². The first kappa shape index (κ1) is 35.4. The Kier molecular flexibility index (Phi) is 12.0. The minimum absolute atomic E-state index is 0.0985. The van der Waals surface area contributed by atoms with Crippen molar-refractivity contribution < 1.29 is 42.7 Å². The molecule has 2 aliphatic heterocycles. The Morgan fingerprint density at radius 3 is 2.09 bits per heavy atom. The number of benzene rings is 1. The Labute approximate surface area is 264 Å². The van der Waals surface area contributed by atoms with Gasteiger partial charge in [-0.2, -0.15) is 0 Å². The topological polar surface area (TPSA) is 160 Å². The number of carbonyl (C=O) groups excluding carboxylic acids is 6. The number of carbonyl (C=O) groups is 6. The number of anilines is 1. The summed E-state index contributed by atoms with van der Waals surface area (Å²) >= 11 is 0. The highest BCUT2D eigenvalue weighted by Crippen LogP contribution is 2.21. The molecule has 5 amide bonds. The van der Waals surface area contributed by atoms with Crippen LogP contribution < -0.4 is 16.0 Å². The summed E-state index contributed by atoms with van der Waals surface area (Å²) in [5.41, 5.74) is 0.967. The third-order valence-electron chi connectivity index (χ3n) is 7.52. The molecule has 0 unspecified atom stereocenters. The number of hydrogen-bond acceptors (Lipinski definition) is 8. The molecule has 1 aromatic rings. The summed E-state index contributed by atoms with van der Waals surface area (Å²) in [6, 6.07) is 5.51. The predicted octanol–water partition coefficient (Wildman–Crippen LogP) is 1.27. The third kappa shape index (κ3) is 10.8. The van der Waals surface area contributed by atoms with Crippen LogP contribution in [0, 0.1) is 5.92 Å². The molecule has 0 aliphatic carbocycles. The summed E-state index contributed by atoms with van der Waals surface area (Å²) in [4.78, 5) is 75.4. The fourth-order valence-electron chi connectivity index (χ4n) is 5.10. The van der Waals surface area contributed by atoms with E-state index < -0.39 is 47.2 Å². The van der Waals surface area contributed by atoms with Gasteiger partial charge >= 0.3 is 5.97 Å². The number of morpholine rings is 1. The van der Waals surface area contributed by atoms with Gasteiger partial charge in [0, 0.05) is 36.4 Å². The maximum Gasteiger partial charge on any atom is 0.362 e. The molecule has 45 heavy (non-hydrogen) atoms. The Balaban J connectivity index is 1.53. The lowest BCUT2D eigenvalue weighted by Crippen LogP contribution is -2.57. The molecule has 0 spiro atoms. The molecule has 2 atom stereocenters. The predicted molar refractivity (Wildman–Crippen MR) is 165 cm³/mol. The van der Waals surface area contributed by atoms with Crippen LogP contribution in [0.15, 0.2) is 36.4 Å². The van der Waals surface area contributed by atoms with Gasteiger partial charge in [-0.05, 0) is 45.7 Å². The van der Waals surface area contributed by atoms with E-state index in [1.807, 2.05) is 32.9 Å². The number of hydrogen-bond donors (Lipinski definition) is 3. The van der Waals surface area contributed by atoms with E-state index in [4.69, 9.17) is 9.47 Å². The van der Waals surface area contributed by atoms with Crippen LogP contribution in [0.25, 0.3) is 0 Å². The van der Waals surface area contributed by atoms with Gasteiger partial charge < -0.3 is 29.9 Å². The molecule has 1 aromatic carbocycles. The monoisotopic (exact) mass is 628 g/mol.